The van der Waals surface area contributed by atoms with Crippen LogP contribution in [0.5, 0.6) is 0 Å². The van der Waals surface area contributed by atoms with E-state index in [9.17, 15) is 4.79 Å². The maximum atomic E-state index is 11.5. The van der Waals surface area contributed by atoms with Gasteiger partial charge < -0.3 is 15.6 Å². The van der Waals surface area contributed by atoms with E-state index in [1.54, 1.807) is 7.05 Å². The number of hydrogen-bond donors (Lipinski definition) is 2. The van der Waals surface area contributed by atoms with Gasteiger partial charge in [-0.15, -0.1) is 0 Å². The minimum absolute atomic E-state index is 0.0236. The zero-order chi connectivity index (χ0) is 14.2. The Bertz CT molecular complexity index is 469. The van der Waals surface area contributed by atoms with Gasteiger partial charge in [-0.3, -0.25) is 4.79 Å². The quantitative estimate of drug-likeness (QED) is 0.841. The molecule has 0 aromatic carbocycles. The molecule has 1 heterocycles. The second-order valence-electron chi connectivity index (χ2n) is 5.94. The van der Waals surface area contributed by atoms with E-state index in [0.717, 1.165) is 12.8 Å². The van der Waals surface area contributed by atoms with Crippen LogP contribution < -0.4 is 11.1 Å². The highest BCUT2D eigenvalue weighted by atomic mass is 16.5. The fraction of sp³-hybridized carbons (Fsp3) is 0.769. The molecular weight excluding hydrogens is 244 g/mol. The van der Waals surface area contributed by atoms with Crippen molar-refractivity contribution >= 4 is 5.91 Å². The van der Waals surface area contributed by atoms with E-state index in [1.807, 2.05) is 0 Å². The molecule has 3 N–H and O–H groups in total. The summed E-state index contributed by atoms with van der Waals surface area (Å²) < 4.78 is 5.28. The molecule has 0 bridgehead atoms. The van der Waals surface area contributed by atoms with Gasteiger partial charge in [0.2, 0.25) is 5.89 Å². The number of nitrogens with one attached hydrogen (secondary N) is 1. The molecule has 1 aliphatic carbocycles. The van der Waals surface area contributed by atoms with E-state index in [4.69, 9.17) is 10.3 Å². The molecule has 6 nitrogen and oxygen atoms in total. The molecule has 1 aromatic rings. The largest absolute Gasteiger partial charge is 0.352 e. The lowest BCUT2D eigenvalue weighted by Crippen LogP contribution is -2.45. The van der Waals surface area contributed by atoms with Crippen molar-refractivity contribution in [3.8, 4) is 0 Å². The van der Waals surface area contributed by atoms with Crippen molar-refractivity contribution in [3.63, 3.8) is 0 Å². The summed E-state index contributed by atoms with van der Waals surface area (Å²) in [6.07, 6.45) is 1.85. The summed E-state index contributed by atoms with van der Waals surface area (Å²) >= 11 is 0. The first-order chi connectivity index (χ1) is 8.87. The van der Waals surface area contributed by atoms with Crippen LogP contribution in [0.1, 0.15) is 56.0 Å². The number of aromatic nitrogens is 2. The third kappa shape index (κ3) is 2.36. The molecule has 1 saturated carbocycles. The van der Waals surface area contributed by atoms with Gasteiger partial charge >= 0.3 is 0 Å². The second-order valence-corrected chi connectivity index (χ2v) is 5.94. The summed E-state index contributed by atoms with van der Waals surface area (Å²) in [5.41, 5.74) is 6.11. The van der Waals surface area contributed by atoms with Crippen molar-refractivity contribution in [3.05, 3.63) is 11.7 Å². The van der Waals surface area contributed by atoms with Crippen molar-refractivity contribution in [2.24, 2.45) is 17.1 Å². The SMILES string of the molecule is CNC(=O)c1noc(C2CCC(N)C(C)C2(C)C)n1. The Labute approximate surface area is 113 Å². The zero-order valence-corrected chi connectivity index (χ0v) is 11.9. The van der Waals surface area contributed by atoms with E-state index in [2.05, 4.69) is 36.2 Å². The Morgan fingerprint density at radius 2 is 2.16 bits per heavy atom. The molecule has 0 radical (unpaired) electrons. The summed E-state index contributed by atoms with van der Waals surface area (Å²) in [5, 5.41) is 6.23. The molecule has 2 rings (SSSR count). The minimum Gasteiger partial charge on any atom is -0.352 e. The predicted molar refractivity (Wildman–Crippen MR) is 70.6 cm³/mol. The molecule has 3 atom stereocenters. The first kappa shape index (κ1) is 14.0. The van der Waals surface area contributed by atoms with E-state index < -0.39 is 0 Å². The third-order valence-corrected chi connectivity index (χ3v) is 4.67. The predicted octanol–water partition coefficient (Wildman–Crippen LogP) is 1.30. The number of amides is 1. The number of hydrogen-bond acceptors (Lipinski definition) is 5. The third-order valence-electron chi connectivity index (χ3n) is 4.67. The zero-order valence-electron chi connectivity index (χ0n) is 11.9. The lowest BCUT2D eigenvalue weighted by atomic mass is 9.61. The normalized spacial score (nSPS) is 30.1. The molecule has 0 spiro atoms. The highest BCUT2D eigenvalue weighted by Gasteiger charge is 2.45. The summed E-state index contributed by atoms with van der Waals surface area (Å²) in [6.45, 7) is 6.50. The summed E-state index contributed by atoms with van der Waals surface area (Å²) in [7, 11) is 1.55. The molecule has 1 amide bonds. The Morgan fingerprint density at radius 3 is 2.79 bits per heavy atom. The molecular formula is C13H22N4O2. The number of nitrogens with two attached hydrogens (primary N) is 1. The number of carbonyl (C=O) groups is 1. The molecule has 106 valence electrons. The molecule has 1 aromatic heterocycles. The Morgan fingerprint density at radius 1 is 1.47 bits per heavy atom. The van der Waals surface area contributed by atoms with E-state index in [-0.39, 0.29) is 29.1 Å². The van der Waals surface area contributed by atoms with Gasteiger partial charge in [-0.25, -0.2) is 0 Å². The average molecular weight is 266 g/mol. The molecule has 1 aliphatic rings. The number of nitrogens with zero attached hydrogens (tertiary/aromatic N) is 2. The average Bonchev–Trinajstić information content (AvgIpc) is 2.84. The monoisotopic (exact) mass is 266 g/mol. The molecule has 19 heavy (non-hydrogen) atoms. The van der Waals surface area contributed by atoms with Crippen LogP contribution >= 0.6 is 0 Å². The fourth-order valence-electron chi connectivity index (χ4n) is 2.87. The van der Waals surface area contributed by atoms with Gasteiger partial charge in [-0.05, 0) is 24.2 Å². The molecule has 0 aliphatic heterocycles. The van der Waals surface area contributed by atoms with Crippen LogP contribution in [-0.2, 0) is 0 Å². The molecule has 3 unspecified atom stereocenters. The van der Waals surface area contributed by atoms with Gasteiger partial charge in [0.05, 0.1) is 0 Å². The number of rotatable bonds is 2. The van der Waals surface area contributed by atoms with Gasteiger partial charge in [-0.1, -0.05) is 25.9 Å². The Balaban J connectivity index is 2.26. The van der Waals surface area contributed by atoms with Crippen LogP contribution in [-0.4, -0.2) is 29.1 Å². The maximum absolute atomic E-state index is 11.5. The Kier molecular flexibility index (Phi) is 3.62. The minimum atomic E-state index is -0.326. The van der Waals surface area contributed by atoms with Crippen molar-refractivity contribution in [1.29, 1.82) is 0 Å². The van der Waals surface area contributed by atoms with Crippen molar-refractivity contribution in [2.45, 2.75) is 45.6 Å². The lowest BCUT2D eigenvalue weighted by Gasteiger charge is -2.45. The maximum Gasteiger partial charge on any atom is 0.292 e. The van der Waals surface area contributed by atoms with Gasteiger partial charge in [0.25, 0.3) is 11.7 Å². The van der Waals surface area contributed by atoms with Crippen LogP contribution in [0, 0.1) is 11.3 Å². The summed E-state index contributed by atoms with van der Waals surface area (Å²) in [6, 6.07) is 0.201. The van der Waals surface area contributed by atoms with Crippen LogP contribution in [0.3, 0.4) is 0 Å². The van der Waals surface area contributed by atoms with Crippen molar-refractivity contribution in [1.82, 2.24) is 15.5 Å². The smallest absolute Gasteiger partial charge is 0.292 e. The standard InChI is InChI=1S/C13H22N4O2/c1-7-9(14)6-5-8(13(7,2)3)12-16-10(17-19-12)11(18)15-4/h7-9H,5-6,14H2,1-4H3,(H,15,18). The van der Waals surface area contributed by atoms with Crippen LogP contribution in [0.15, 0.2) is 4.52 Å². The van der Waals surface area contributed by atoms with E-state index in [0.29, 0.717) is 11.8 Å². The van der Waals surface area contributed by atoms with E-state index >= 15 is 0 Å². The fourth-order valence-corrected chi connectivity index (χ4v) is 2.87. The lowest BCUT2D eigenvalue weighted by molar-refractivity contribution is 0.0806. The van der Waals surface area contributed by atoms with Gasteiger partial charge in [-0.2, -0.15) is 4.98 Å². The second kappa shape index (κ2) is 4.92. The Hall–Kier alpha value is -1.43. The van der Waals surface area contributed by atoms with E-state index in [1.165, 1.54) is 0 Å². The highest BCUT2D eigenvalue weighted by Crippen LogP contribution is 2.49. The van der Waals surface area contributed by atoms with Gasteiger partial charge in [0, 0.05) is 19.0 Å². The van der Waals surface area contributed by atoms with Crippen LogP contribution in [0.2, 0.25) is 0 Å². The first-order valence-corrected chi connectivity index (χ1v) is 6.69. The van der Waals surface area contributed by atoms with Gasteiger partial charge in [0.1, 0.15) is 0 Å². The van der Waals surface area contributed by atoms with Crippen LogP contribution in [0.4, 0.5) is 0 Å². The molecule has 6 heteroatoms. The number of carbonyl (C=O) groups excluding carboxylic acids is 1. The van der Waals surface area contributed by atoms with Crippen molar-refractivity contribution < 1.29 is 9.32 Å². The summed E-state index contributed by atoms with van der Waals surface area (Å²) in [5.74, 6) is 0.821. The molecule has 1 fully saturated rings. The van der Waals surface area contributed by atoms with Gasteiger partial charge in [0.15, 0.2) is 0 Å². The topological polar surface area (TPSA) is 94.0 Å². The summed E-state index contributed by atoms with van der Waals surface area (Å²) in [4.78, 5) is 15.7. The van der Waals surface area contributed by atoms with Crippen molar-refractivity contribution in [2.75, 3.05) is 7.05 Å². The first-order valence-electron chi connectivity index (χ1n) is 6.69. The van der Waals surface area contributed by atoms with Crippen LogP contribution in [0.25, 0.3) is 0 Å². The highest BCUT2D eigenvalue weighted by molar-refractivity contribution is 5.89. The molecule has 0 saturated heterocycles.